The van der Waals surface area contributed by atoms with E-state index in [1.54, 1.807) is 0 Å². The van der Waals surface area contributed by atoms with Crippen LogP contribution < -0.4 is 22.1 Å². The Morgan fingerprint density at radius 3 is 1.25 bits per heavy atom. The number of hydrogen-bond donors (Lipinski definition) is 3. The maximum absolute atomic E-state index is 8.66. The van der Waals surface area contributed by atoms with Crippen LogP contribution in [0, 0.1) is 0 Å². The van der Waals surface area contributed by atoms with Crippen LogP contribution in [0.1, 0.15) is 0 Å². The second-order valence-electron chi connectivity index (χ2n) is 0.469. The normalized spacial score (nSPS) is 7.38. The second kappa shape index (κ2) is 7.55. The zero-order chi connectivity index (χ0) is 4.50. The summed E-state index contributed by atoms with van der Waals surface area (Å²) in [4.78, 5) is 24.3. The Hall–Kier alpha value is 0.549. The molecule has 0 rings (SSSR count). The Morgan fingerprint density at radius 1 is 1.25 bits per heavy atom. The zero-order valence-electron chi connectivity index (χ0n) is 3.89. The van der Waals surface area contributed by atoms with Crippen LogP contribution in [0.25, 0.3) is 0 Å². The van der Waals surface area contributed by atoms with Crippen LogP contribution in [0.3, 0.4) is 0 Å². The van der Waals surface area contributed by atoms with Crippen LogP contribution >= 0.6 is 7.82 Å². The van der Waals surface area contributed by atoms with E-state index in [0.29, 0.717) is 0 Å². The quantitative estimate of drug-likeness (QED) is 0.297. The van der Waals surface area contributed by atoms with Crippen LogP contribution in [0.2, 0.25) is 0 Å². The molecule has 7 N–H and O–H groups in total. The third-order valence-electron chi connectivity index (χ3n) is 0. The summed E-state index contributed by atoms with van der Waals surface area (Å²) < 4.78 is 8.66. The molecular formula is H7FeN2O4P. The largest absolute Gasteiger partial charge is 2.00 e. The number of rotatable bonds is 0. The summed E-state index contributed by atoms with van der Waals surface area (Å²) in [5.41, 5.74) is 0. The average Bonchev–Trinajstić information content (AvgIpc) is 0.722. The molecule has 8 heteroatoms. The second-order valence-corrected chi connectivity index (χ2v) is 1.41. The van der Waals surface area contributed by atoms with Crippen molar-refractivity contribution < 1.29 is 36.3 Å². The van der Waals surface area contributed by atoms with Crippen LogP contribution in [-0.4, -0.2) is 4.89 Å². The molecular weight excluding hydrogens is 179 g/mol. The van der Waals surface area contributed by atoms with E-state index >= 15 is 0 Å². The Morgan fingerprint density at radius 2 is 1.25 bits per heavy atom. The standard InChI is InChI=1S/Fe.2H3N.H3O4P/c;;;1-5(2,3)4/h;2*1H3;(H3,1,2,3,4)/q+2;;;/p-2. The molecule has 8 heavy (non-hydrogen) atoms. The molecule has 0 aliphatic carbocycles. The van der Waals surface area contributed by atoms with Crippen LogP contribution in [-0.2, 0) is 21.6 Å². The van der Waals surface area contributed by atoms with Gasteiger partial charge in [-0.05, 0) is 0 Å². The summed E-state index contributed by atoms with van der Waals surface area (Å²) in [5.74, 6) is 0. The summed E-state index contributed by atoms with van der Waals surface area (Å²) in [6.45, 7) is 0. The van der Waals surface area contributed by atoms with Crippen LogP contribution in [0.4, 0.5) is 0 Å². The fourth-order valence-corrected chi connectivity index (χ4v) is 0. The predicted octanol–water partition coefficient (Wildman–Crippen LogP) is -1.87. The topological polar surface area (TPSA) is 153 Å². The molecule has 0 saturated carbocycles. The minimum atomic E-state index is -5.14. The van der Waals surface area contributed by atoms with E-state index in [-0.39, 0.29) is 29.4 Å². The van der Waals surface area contributed by atoms with E-state index in [2.05, 4.69) is 0 Å². The summed E-state index contributed by atoms with van der Waals surface area (Å²) in [7, 11) is -5.14. The molecule has 0 bridgehead atoms. The Bertz CT molecular complexity index is 60.2. The molecule has 0 amide bonds. The molecule has 6 nitrogen and oxygen atoms in total. The van der Waals surface area contributed by atoms with Crippen molar-refractivity contribution in [1.82, 2.24) is 12.3 Å². The Labute approximate surface area is 57.2 Å². The molecule has 0 unspecified atom stereocenters. The number of hydrogen-bond acceptors (Lipinski definition) is 5. The SMILES string of the molecule is N.N.O=P([O-])([O-])O.[Fe+2]. The van der Waals surface area contributed by atoms with E-state index in [0.717, 1.165) is 0 Å². The molecule has 0 aliphatic heterocycles. The van der Waals surface area contributed by atoms with E-state index in [9.17, 15) is 0 Å². The number of phosphoric acid groups is 1. The minimum absolute atomic E-state index is 0. The van der Waals surface area contributed by atoms with E-state index in [1.165, 1.54) is 0 Å². The van der Waals surface area contributed by atoms with Crippen molar-refractivity contribution >= 4 is 7.82 Å². The first kappa shape index (κ1) is 23.5. The van der Waals surface area contributed by atoms with Gasteiger partial charge in [0.25, 0.3) is 0 Å². The monoisotopic (exact) mass is 186 g/mol. The Balaban J connectivity index is -0.0000000267. The van der Waals surface area contributed by atoms with Gasteiger partial charge in [0, 0.05) is 0 Å². The molecule has 0 heterocycles. The summed E-state index contributed by atoms with van der Waals surface area (Å²) in [5, 5.41) is 0. The van der Waals surface area contributed by atoms with E-state index < -0.39 is 7.82 Å². The maximum atomic E-state index is 8.66. The summed E-state index contributed by atoms with van der Waals surface area (Å²) in [6, 6.07) is 0. The molecule has 0 saturated heterocycles. The summed E-state index contributed by atoms with van der Waals surface area (Å²) in [6.07, 6.45) is 0. The van der Waals surface area contributed by atoms with Crippen molar-refractivity contribution in [3.05, 3.63) is 0 Å². The minimum Gasteiger partial charge on any atom is -0.790 e. The van der Waals surface area contributed by atoms with Gasteiger partial charge >= 0.3 is 17.1 Å². The molecule has 0 radical (unpaired) electrons. The first-order chi connectivity index (χ1) is 2.00. The van der Waals surface area contributed by atoms with Crippen molar-refractivity contribution in [1.29, 1.82) is 0 Å². The third-order valence-corrected chi connectivity index (χ3v) is 0. The van der Waals surface area contributed by atoms with Gasteiger partial charge in [-0.15, -0.1) is 0 Å². The third kappa shape index (κ3) is 668. The summed E-state index contributed by atoms with van der Waals surface area (Å²) >= 11 is 0. The van der Waals surface area contributed by atoms with Crippen molar-refractivity contribution in [2.45, 2.75) is 0 Å². The smallest absolute Gasteiger partial charge is 0.790 e. The van der Waals surface area contributed by atoms with Gasteiger partial charge in [0.1, 0.15) is 0 Å². The molecule has 0 aliphatic rings. The van der Waals surface area contributed by atoms with Crippen molar-refractivity contribution in [2.24, 2.45) is 0 Å². The van der Waals surface area contributed by atoms with Gasteiger partial charge in [-0.3, -0.25) is 0 Å². The molecule has 0 aromatic rings. The van der Waals surface area contributed by atoms with Crippen LogP contribution in [0.15, 0.2) is 0 Å². The van der Waals surface area contributed by atoms with Gasteiger partial charge in [-0.1, -0.05) is 0 Å². The maximum Gasteiger partial charge on any atom is 2.00 e. The van der Waals surface area contributed by atoms with Gasteiger partial charge in [0.2, 0.25) is 0 Å². The Kier molecular flexibility index (Phi) is 22.2. The van der Waals surface area contributed by atoms with Crippen LogP contribution in [0.5, 0.6) is 0 Å². The fraction of sp³-hybridized carbons (Fsp3) is 0. The first-order valence-electron chi connectivity index (χ1n) is 0.748. The van der Waals surface area contributed by atoms with Crippen molar-refractivity contribution in [3.8, 4) is 0 Å². The van der Waals surface area contributed by atoms with Gasteiger partial charge in [0.15, 0.2) is 0 Å². The zero-order valence-corrected chi connectivity index (χ0v) is 5.89. The van der Waals surface area contributed by atoms with Crippen molar-refractivity contribution in [3.63, 3.8) is 0 Å². The molecule has 0 aromatic heterocycles. The van der Waals surface area contributed by atoms with E-state index in [1.807, 2.05) is 0 Å². The molecule has 0 fully saturated rings. The average molecular weight is 186 g/mol. The van der Waals surface area contributed by atoms with Gasteiger partial charge in [0.05, 0.1) is 7.82 Å². The van der Waals surface area contributed by atoms with E-state index in [4.69, 9.17) is 19.2 Å². The van der Waals surface area contributed by atoms with Gasteiger partial charge in [-0.2, -0.15) is 0 Å². The molecule has 0 spiro atoms. The first-order valence-corrected chi connectivity index (χ1v) is 2.24. The molecule has 54 valence electrons. The molecule has 0 aromatic carbocycles. The molecule has 0 atom stereocenters. The van der Waals surface area contributed by atoms with Gasteiger partial charge < -0.3 is 31.5 Å². The van der Waals surface area contributed by atoms with Crippen molar-refractivity contribution in [2.75, 3.05) is 0 Å². The van der Waals surface area contributed by atoms with Gasteiger partial charge in [-0.25, -0.2) is 0 Å². The predicted molar refractivity (Wildman–Crippen MR) is 19.9 cm³/mol. The fourth-order valence-electron chi connectivity index (χ4n) is 0.